The van der Waals surface area contributed by atoms with Crippen LogP contribution in [0.4, 0.5) is 0 Å². The molecule has 0 aromatic carbocycles. The number of sulfonamides is 1. The van der Waals surface area contributed by atoms with Crippen LogP contribution in [0.3, 0.4) is 0 Å². The number of aliphatic hydroxyl groups excluding tert-OH is 1. The molecule has 0 spiro atoms. The van der Waals surface area contributed by atoms with Gasteiger partial charge in [0.15, 0.2) is 0 Å². The van der Waals surface area contributed by atoms with Gasteiger partial charge in [-0.25, -0.2) is 13.1 Å². The van der Waals surface area contributed by atoms with E-state index in [9.17, 15) is 8.42 Å². The van der Waals surface area contributed by atoms with Gasteiger partial charge in [-0.3, -0.25) is 0 Å². The SMILES string of the molecule is CC(CO)S(=O)(=O)NCCC1CCOC1. The maximum absolute atomic E-state index is 11.4. The minimum Gasteiger partial charge on any atom is -0.395 e. The molecule has 0 radical (unpaired) electrons. The molecule has 6 heteroatoms. The first-order chi connectivity index (χ1) is 7.06. The Morgan fingerprint density at radius 2 is 2.33 bits per heavy atom. The second kappa shape index (κ2) is 5.79. The summed E-state index contributed by atoms with van der Waals surface area (Å²) in [6.45, 7) is 3.09. The highest BCUT2D eigenvalue weighted by atomic mass is 32.2. The molecule has 0 amide bonds. The molecule has 0 saturated carbocycles. The Morgan fingerprint density at radius 3 is 2.87 bits per heavy atom. The molecule has 1 fully saturated rings. The quantitative estimate of drug-likeness (QED) is 0.666. The summed E-state index contributed by atoms with van der Waals surface area (Å²) < 4.78 is 30.6. The van der Waals surface area contributed by atoms with Gasteiger partial charge >= 0.3 is 0 Å². The Balaban J connectivity index is 2.23. The number of hydrogen-bond donors (Lipinski definition) is 2. The lowest BCUT2D eigenvalue weighted by Crippen LogP contribution is -2.35. The van der Waals surface area contributed by atoms with E-state index in [-0.39, 0.29) is 6.61 Å². The van der Waals surface area contributed by atoms with Gasteiger partial charge in [0.1, 0.15) is 0 Å². The third-order valence-electron chi connectivity index (χ3n) is 2.67. The summed E-state index contributed by atoms with van der Waals surface area (Å²) in [5, 5.41) is 8.00. The van der Waals surface area contributed by atoms with Crippen LogP contribution in [0.15, 0.2) is 0 Å². The van der Waals surface area contributed by atoms with E-state index in [0.717, 1.165) is 26.1 Å². The van der Waals surface area contributed by atoms with Gasteiger partial charge in [0, 0.05) is 19.8 Å². The lowest BCUT2D eigenvalue weighted by Gasteiger charge is -2.12. The van der Waals surface area contributed by atoms with Crippen molar-refractivity contribution < 1.29 is 18.3 Å². The van der Waals surface area contributed by atoms with Crippen LogP contribution in [-0.2, 0) is 14.8 Å². The second-order valence-electron chi connectivity index (χ2n) is 3.95. The lowest BCUT2D eigenvalue weighted by atomic mass is 10.1. The molecule has 2 atom stereocenters. The van der Waals surface area contributed by atoms with E-state index in [1.807, 2.05) is 0 Å². The maximum Gasteiger partial charge on any atom is 0.216 e. The largest absolute Gasteiger partial charge is 0.395 e. The minimum absolute atomic E-state index is 0.345. The first-order valence-electron chi connectivity index (χ1n) is 5.23. The van der Waals surface area contributed by atoms with Gasteiger partial charge in [0.05, 0.1) is 11.9 Å². The fraction of sp³-hybridized carbons (Fsp3) is 1.00. The van der Waals surface area contributed by atoms with Crippen LogP contribution in [0.1, 0.15) is 19.8 Å². The van der Waals surface area contributed by atoms with Crippen molar-refractivity contribution in [2.75, 3.05) is 26.4 Å². The Labute approximate surface area is 90.9 Å². The Hall–Kier alpha value is -0.170. The summed E-state index contributed by atoms with van der Waals surface area (Å²) in [5.74, 6) is 0.470. The molecule has 1 aliphatic rings. The van der Waals surface area contributed by atoms with Crippen LogP contribution < -0.4 is 4.72 Å². The molecule has 0 aromatic rings. The van der Waals surface area contributed by atoms with E-state index in [1.54, 1.807) is 0 Å². The van der Waals surface area contributed by atoms with Crippen molar-refractivity contribution in [1.29, 1.82) is 0 Å². The maximum atomic E-state index is 11.4. The van der Waals surface area contributed by atoms with Crippen LogP contribution in [0.25, 0.3) is 0 Å². The molecule has 0 aliphatic carbocycles. The van der Waals surface area contributed by atoms with E-state index in [0.29, 0.717) is 12.5 Å². The number of nitrogens with one attached hydrogen (secondary N) is 1. The zero-order valence-electron chi connectivity index (χ0n) is 8.98. The molecule has 2 unspecified atom stereocenters. The second-order valence-corrected chi connectivity index (χ2v) is 6.13. The molecular weight excluding hydrogens is 218 g/mol. The summed E-state index contributed by atoms with van der Waals surface area (Å²) >= 11 is 0. The standard InChI is InChI=1S/C9H19NO4S/c1-8(6-11)15(12,13)10-4-2-9-3-5-14-7-9/h8-11H,2-7H2,1H3. The lowest BCUT2D eigenvalue weighted by molar-refractivity contribution is 0.184. The highest BCUT2D eigenvalue weighted by Crippen LogP contribution is 2.15. The van der Waals surface area contributed by atoms with Crippen molar-refractivity contribution in [1.82, 2.24) is 4.72 Å². The van der Waals surface area contributed by atoms with Crippen molar-refractivity contribution in [2.24, 2.45) is 5.92 Å². The first kappa shape index (κ1) is 12.9. The summed E-state index contributed by atoms with van der Waals surface area (Å²) in [4.78, 5) is 0. The summed E-state index contributed by atoms with van der Waals surface area (Å²) in [6, 6.07) is 0. The molecule has 1 saturated heterocycles. The van der Waals surface area contributed by atoms with E-state index in [4.69, 9.17) is 9.84 Å². The van der Waals surface area contributed by atoms with E-state index in [1.165, 1.54) is 6.92 Å². The molecule has 0 aromatic heterocycles. The monoisotopic (exact) mass is 237 g/mol. The Morgan fingerprint density at radius 1 is 1.60 bits per heavy atom. The van der Waals surface area contributed by atoms with E-state index >= 15 is 0 Å². The highest BCUT2D eigenvalue weighted by molar-refractivity contribution is 7.90. The molecule has 90 valence electrons. The average molecular weight is 237 g/mol. The molecule has 0 bridgehead atoms. The van der Waals surface area contributed by atoms with Crippen molar-refractivity contribution in [3.05, 3.63) is 0 Å². The molecule has 15 heavy (non-hydrogen) atoms. The molecular formula is C9H19NO4S. The zero-order valence-corrected chi connectivity index (χ0v) is 9.79. The van der Waals surface area contributed by atoms with Crippen LogP contribution in [0.2, 0.25) is 0 Å². The van der Waals surface area contributed by atoms with Gasteiger partial charge in [-0.15, -0.1) is 0 Å². The molecule has 1 aliphatic heterocycles. The molecule has 1 heterocycles. The molecule has 5 nitrogen and oxygen atoms in total. The summed E-state index contributed by atoms with van der Waals surface area (Å²) in [7, 11) is -3.34. The molecule has 1 rings (SSSR count). The number of hydrogen-bond acceptors (Lipinski definition) is 4. The summed E-state index contributed by atoms with van der Waals surface area (Å²) in [5.41, 5.74) is 0. The average Bonchev–Trinajstić information content (AvgIpc) is 2.69. The minimum atomic E-state index is -3.34. The third-order valence-corrected chi connectivity index (χ3v) is 4.48. The fourth-order valence-electron chi connectivity index (χ4n) is 1.46. The van der Waals surface area contributed by atoms with Gasteiger partial charge in [-0.2, -0.15) is 0 Å². The normalized spacial score (nSPS) is 24.3. The first-order valence-corrected chi connectivity index (χ1v) is 6.78. The smallest absolute Gasteiger partial charge is 0.216 e. The predicted molar refractivity (Wildman–Crippen MR) is 57.0 cm³/mol. The topological polar surface area (TPSA) is 75.6 Å². The van der Waals surface area contributed by atoms with Crippen molar-refractivity contribution >= 4 is 10.0 Å². The van der Waals surface area contributed by atoms with Crippen LogP contribution in [0, 0.1) is 5.92 Å². The van der Waals surface area contributed by atoms with E-state index < -0.39 is 15.3 Å². The van der Waals surface area contributed by atoms with Crippen LogP contribution in [0.5, 0.6) is 0 Å². The van der Waals surface area contributed by atoms with Gasteiger partial charge in [0.2, 0.25) is 10.0 Å². The zero-order chi connectivity index (χ0) is 11.3. The van der Waals surface area contributed by atoms with Crippen LogP contribution in [-0.4, -0.2) is 45.1 Å². The van der Waals surface area contributed by atoms with Gasteiger partial charge < -0.3 is 9.84 Å². The Bertz CT molecular complexity index is 272. The van der Waals surface area contributed by atoms with Crippen LogP contribution >= 0.6 is 0 Å². The summed E-state index contributed by atoms with van der Waals surface area (Å²) in [6.07, 6.45) is 1.81. The number of ether oxygens (including phenoxy) is 1. The Kier molecular flexibility index (Phi) is 4.98. The number of rotatable bonds is 6. The van der Waals surface area contributed by atoms with Crippen molar-refractivity contribution in [3.8, 4) is 0 Å². The van der Waals surface area contributed by atoms with Crippen molar-refractivity contribution in [2.45, 2.75) is 25.0 Å². The fourth-order valence-corrected chi connectivity index (χ4v) is 2.34. The highest BCUT2D eigenvalue weighted by Gasteiger charge is 2.20. The van der Waals surface area contributed by atoms with Gasteiger partial charge in [-0.1, -0.05) is 0 Å². The molecule has 2 N–H and O–H groups in total. The van der Waals surface area contributed by atoms with Gasteiger partial charge in [-0.05, 0) is 25.7 Å². The number of aliphatic hydroxyl groups is 1. The van der Waals surface area contributed by atoms with E-state index in [2.05, 4.69) is 4.72 Å². The third kappa shape index (κ3) is 4.06. The van der Waals surface area contributed by atoms with Crippen molar-refractivity contribution in [3.63, 3.8) is 0 Å². The van der Waals surface area contributed by atoms with Gasteiger partial charge in [0.25, 0.3) is 0 Å². The predicted octanol–water partition coefficient (Wildman–Crippen LogP) is -0.287.